The fourth-order valence-corrected chi connectivity index (χ4v) is 2.31. The van der Waals surface area contributed by atoms with E-state index in [2.05, 4.69) is 17.2 Å². The standard InChI is InChI=1S/C14H22N2O/c1-11-3-6-13(7-4-11)17-14-8-5-12(9-15-2)16-10-14/h5,8,10-11,13,15H,3-4,6-7,9H2,1-2H3. The molecule has 1 N–H and O–H groups in total. The van der Waals surface area contributed by atoms with Crippen LogP contribution in [0.5, 0.6) is 5.75 Å². The maximum atomic E-state index is 5.95. The fourth-order valence-electron chi connectivity index (χ4n) is 2.31. The van der Waals surface area contributed by atoms with Crippen molar-refractivity contribution in [2.45, 2.75) is 45.3 Å². The Morgan fingerprint density at radius 1 is 1.29 bits per heavy atom. The lowest BCUT2D eigenvalue weighted by Crippen LogP contribution is -2.23. The zero-order valence-corrected chi connectivity index (χ0v) is 10.8. The van der Waals surface area contributed by atoms with E-state index in [0.717, 1.165) is 23.9 Å². The molecule has 3 heteroatoms. The Balaban J connectivity index is 1.86. The van der Waals surface area contributed by atoms with Gasteiger partial charge in [-0.05, 0) is 50.8 Å². The van der Waals surface area contributed by atoms with Gasteiger partial charge in [0.15, 0.2) is 0 Å². The predicted molar refractivity (Wildman–Crippen MR) is 69.0 cm³/mol. The van der Waals surface area contributed by atoms with Crippen LogP contribution in [0, 0.1) is 5.92 Å². The molecule has 1 aliphatic carbocycles. The molecule has 0 unspecified atom stereocenters. The van der Waals surface area contributed by atoms with E-state index in [0.29, 0.717) is 6.10 Å². The molecular weight excluding hydrogens is 212 g/mol. The highest BCUT2D eigenvalue weighted by Gasteiger charge is 2.19. The number of rotatable bonds is 4. The van der Waals surface area contributed by atoms with Gasteiger partial charge in [-0.3, -0.25) is 4.98 Å². The molecule has 2 rings (SSSR count). The van der Waals surface area contributed by atoms with Gasteiger partial charge >= 0.3 is 0 Å². The third kappa shape index (κ3) is 3.70. The smallest absolute Gasteiger partial charge is 0.138 e. The van der Waals surface area contributed by atoms with Crippen LogP contribution in [-0.2, 0) is 6.54 Å². The Bertz CT molecular complexity index is 329. The maximum absolute atomic E-state index is 5.95. The second-order valence-electron chi connectivity index (χ2n) is 5.02. The molecule has 94 valence electrons. The Hall–Kier alpha value is -1.09. The van der Waals surface area contributed by atoms with Crippen LogP contribution in [-0.4, -0.2) is 18.1 Å². The second kappa shape index (κ2) is 6.01. The van der Waals surface area contributed by atoms with Crippen LogP contribution in [0.4, 0.5) is 0 Å². The molecule has 0 saturated heterocycles. The van der Waals surface area contributed by atoms with Crippen molar-refractivity contribution in [2.75, 3.05) is 7.05 Å². The molecule has 1 fully saturated rings. The average Bonchev–Trinajstić information content (AvgIpc) is 2.35. The third-order valence-electron chi connectivity index (χ3n) is 3.42. The van der Waals surface area contributed by atoms with Crippen molar-refractivity contribution in [1.29, 1.82) is 0 Å². The molecule has 0 spiro atoms. The summed E-state index contributed by atoms with van der Waals surface area (Å²) < 4.78 is 5.95. The first-order valence-electron chi connectivity index (χ1n) is 6.54. The van der Waals surface area contributed by atoms with Crippen LogP contribution in [0.2, 0.25) is 0 Å². The Labute approximate surface area is 104 Å². The minimum absolute atomic E-state index is 0.392. The zero-order chi connectivity index (χ0) is 12.1. The Morgan fingerprint density at radius 2 is 2.06 bits per heavy atom. The molecule has 0 aromatic carbocycles. The number of pyridine rings is 1. The summed E-state index contributed by atoms with van der Waals surface area (Å²) in [6, 6.07) is 4.05. The van der Waals surface area contributed by atoms with Gasteiger partial charge in [0.2, 0.25) is 0 Å². The Kier molecular flexibility index (Phi) is 4.37. The van der Waals surface area contributed by atoms with Gasteiger partial charge in [0, 0.05) is 6.54 Å². The van der Waals surface area contributed by atoms with E-state index in [9.17, 15) is 0 Å². The van der Waals surface area contributed by atoms with Crippen molar-refractivity contribution in [1.82, 2.24) is 10.3 Å². The summed E-state index contributed by atoms with van der Waals surface area (Å²) in [5, 5.41) is 3.09. The van der Waals surface area contributed by atoms with Gasteiger partial charge < -0.3 is 10.1 Å². The molecule has 0 atom stereocenters. The van der Waals surface area contributed by atoms with E-state index in [1.165, 1.54) is 25.7 Å². The van der Waals surface area contributed by atoms with Gasteiger partial charge in [-0.15, -0.1) is 0 Å². The van der Waals surface area contributed by atoms with Crippen molar-refractivity contribution in [3.05, 3.63) is 24.0 Å². The van der Waals surface area contributed by atoms with Crippen LogP contribution in [0.3, 0.4) is 0 Å². The highest BCUT2D eigenvalue weighted by molar-refractivity contribution is 5.20. The summed E-state index contributed by atoms with van der Waals surface area (Å²) in [6.07, 6.45) is 7.17. The van der Waals surface area contributed by atoms with Crippen molar-refractivity contribution < 1.29 is 4.74 Å². The van der Waals surface area contributed by atoms with Crippen LogP contribution in [0.1, 0.15) is 38.3 Å². The molecular formula is C14H22N2O. The number of aromatic nitrogens is 1. The summed E-state index contributed by atoms with van der Waals surface area (Å²) in [7, 11) is 1.93. The molecule has 3 nitrogen and oxygen atoms in total. The monoisotopic (exact) mass is 234 g/mol. The third-order valence-corrected chi connectivity index (χ3v) is 3.42. The lowest BCUT2D eigenvalue weighted by Gasteiger charge is -2.26. The van der Waals surface area contributed by atoms with Crippen molar-refractivity contribution in [3.8, 4) is 5.75 Å². The largest absolute Gasteiger partial charge is 0.489 e. The second-order valence-corrected chi connectivity index (χ2v) is 5.02. The van der Waals surface area contributed by atoms with Crippen LogP contribution in [0.25, 0.3) is 0 Å². The van der Waals surface area contributed by atoms with Crippen LogP contribution >= 0.6 is 0 Å². The summed E-state index contributed by atoms with van der Waals surface area (Å²) in [4.78, 5) is 4.36. The molecule has 1 aromatic rings. The zero-order valence-electron chi connectivity index (χ0n) is 10.8. The van der Waals surface area contributed by atoms with Gasteiger partial charge in [0.05, 0.1) is 18.0 Å². The van der Waals surface area contributed by atoms with E-state index >= 15 is 0 Å². The number of nitrogens with zero attached hydrogens (tertiary/aromatic N) is 1. The van der Waals surface area contributed by atoms with Crippen molar-refractivity contribution >= 4 is 0 Å². The predicted octanol–water partition coefficient (Wildman–Crippen LogP) is 2.76. The first kappa shape index (κ1) is 12.4. The topological polar surface area (TPSA) is 34.1 Å². The van der Waals surface area contributed by atoms with Gasteiger partial charge in [-0.2, -0.15) is 0 Å². The quantitative estimate of drug-likeness (QED) is 0.870. The first-order chi connectivity index (χ1) is 8.28. The molecule has 1 heterocycles. The van der Waals surface area contributed by atoms with E-state index in [1.807, 2.05) is 25.4 Å². The fraction of sp³-hybridized carbons (Fsp3) is 0.643. The minimum Gasteiger partial charge on any atom is -0.489 e. The van der Waals surface area contributed by atoms with Crippen LogP contribution in [0.15, 0.2) is 18.3 Å². The van der Waals surface area contributed by atoms with Crippen LogP contribution < -0.4 is 10.1 Å². The number of hydrogen-bond donors (Lipinski definition) is 1. The lowest BCUT2D eigenvalue weighted by molar-refractivity contribution is 0.135. The SMILES string of the molecule is CNCc1ccc(OC2CCC(C)CC2)cn1. The minimum atomic E-state index is 0.392. The number of hydrogen-bond acceptors (Lipinski definition) is 3. The van der Waals surface area contributed by atoms with Gasteiger partial charge in [-0.1, -0.05) is 6.92 Å². The Morgan fingerprint density at radius 3 is 2.65 bits per heavy atom. The van der Waals surface area contributed by atoms with E-state index < -0.39 is 0 Å². The highest BCUT2D eigenvalue weighted by atomic mass is 16.5. The molecule has 0 aliphatic heterocycles. The van der Waals surface area contributed by atoms with E-state index in [1.54, 1.807) is 0 Å². The lowest BCUT2D eigenvalue weighted by atomic mass is 9.89. The van der Waals surface area contributed by atoms with Crippen molar-refractivity contribution in [3.63, 3.8) is 0 Å². The van der Waals surface area contributed by atoms with Gasteiger partial charge in [0.25, 0.3) is 0 Å². The normalized spacial score (nSPS) is 24.6. The molecule has 0 radical (unpaired) electrons. The molecule has 17 heavy (non-hydrogen) atoms. The summed E-state index contributed by atoms with van der Waals surface area (Å²) in [5.74, 6) is 1.77. The molecule has 0 amide bonds. The average molecular weight is 234 g/mol. The van der Waals surface area contributed by atoms with Crippen molar-refractivity contribution in [2.24, 2.45) is 5.92 Å². The molecule has 1 aromatic heterocycles. The first-order valence-corrected chi connectivity index (χ1v) is 6.54. The summed E-state index contributed by atoms with van der Waals surface area (Å²) >= 11 is 0. The molecule has 1 aliphatic rings. The molecule has 1 saturated carbocycles. The maximum Gasteiger partial charge on any atom is 0.138 e. The molecule has 0 bridgehead atoms. The number of nitrogens with one attached hydrogen (secondary N) is 1. The summed E-state index contributed by atoms with van der Waals surface area (Å²) in [6.45, 7) is 3.13. The number of ether oxygens (including phenoxy) is 1. The van der Waals surface area contributed by atoms with Gasteiger partial charge in [-0.25, -0.2) is 0 Å². The summed E-state index contributed by atoms with van der Waals surface area (Å²) in [5.41, 5.74) is 1.05. The van der Waals surface area contributed by atoms with E-state index in [-0.39, 0.29) is 0 Å². The highest BCUT2D eigenvalue weighted by Crippen LogP contribution is 2.26. The van der Waals surface area contributed by atoms with Gasteiger partial charge in [0.1, 0.15) is 5.75 Å². The van der Waals surface area contributed by atoms with E-state index in [4.69, 9.17) is 4.74 Å².